The average molecular weight is 727 g/mol. The average Bonchev–Trinajstić information content (AvgIpc) is 3.01. The zero-order valence-electron chi connectivity index (χ0n) is 29.7. The molecular weight excluding hydrogens is 680 g/mol. The summed E-state index contributed by atoms with van der Waals surface area (Å²) in [6, 6.07) is 5.52. The monoisotopic (exact) mass is 726 g/mol. The molecule has 1 fully saturated rings. The van der Waals surface area contributed by atoms with E-state index >= 15 is 0 Å². The van der Waals surface area contributed by atoms with Gasteiger partial charge in [-0.05, 0) is 67.6 Å². The summed E-state index contributed by atoms with van der Waals surface area (Å²) < 4.78 is 32.0. The molecule has 0 bridgehead atoms. The van der Waals surface area contributed by atoms with Gasteiger partial charge in [-0.1, -0.05) is 32.9 Å². The fourth-order valence-electron chi connectivity index (χ4n) is 7.48. The maximum absolute atomic E-state index is 14.5. The molecule has 1 amide bonds. The van der Waals surface area contributed by atoms with Crippen LogP contribution in [0.15, 0.2) is 52.1 Å². The molecule has 15 heteroatoms. The first-order valence-electron chi connectivity index (χ1n) is 16.5. The number of phenols is 1. The molecular formula is C36H46N4O10S. The van der Waals surface area contributed by atoms with Crippen LogP contribution in [0.2, 0.25) is 0 Å². The van der Waals surface area contributed by atoms with E-state index in [0.29, 0.717) is 28.9 Å². The van der Waals surface area contributed by atoms with Gasteiger partial charge in [-0.2, -0.15) is 8.42 Å². The van der Waals surface area contributed by atoms with Crippen molar-refractivity contribution >= 4 is 39.0 Å². The molecule has 14 nitrogen and oxygen atoms in total. The SMILES string of the molecule is CN(C)c1cc(CNCC(C)(C)C)c(O)c2c1CC1CC3C(N(C)C)C(=O)C(C(=O)NCc4ccc(S(=O)(=O)O)cc4)=C(O)C3(O)C(=O)C1=C2O. The van der Waals surface area contributed by atoms with Crippen LogP contribution in [-0.4, -0.2) is 102 Å². The van der Waals surface area contributed by atoms with Crippen molar-refractivity contribution in [3.63, 3.8) is 0 Å². The van der Waals surface area contributed by atoms with Crippen LogP contribution < -0.4 is 15.5 Å². The Morgan fingerprint density at radius 2 is 1.65 bits per heavy atom. The van der Waals surface area contributed by atoms with E-state index in [0.717, 1.165) is 12.1 Å². The molecule has 51 heavy (non-hydrogen) atoms. The lowest BCUT2D eigenvalue weighted by molar-refractivity contribution is -0.153. The quantitative estimate of drug-likeness (QED) is 0.146. The molecule has 0 spiro atoms. The van der Waals surface area contributed by atoms with Crippen LogP contribution in [0.4, 0.5) is 5.69 Å². The number of nitrogens with zero attached hydrogens (tertiary/aromatic N) is 2. The highest BCUT2D eigenvalue weighted by atomic mass is 32.2. The van der Waals surface area contributed by atoms with Crippen molar-refractivity contribution in [3.8, 4) is 5.75 Å². The van der Waals surface area contributed by atoms with Gasteiger partial charge in [-0.15, -0.1) is 0 Å². The second kappa shape index (κ2) is 13.4. The third kappa shape index (κ3) is 6.76. The van der Waals surface area contributed by atoms with Crippen molar-refractivity contribution in [1.29, 1.82) is 0 Å². The van der Waals surface area contributed by atoms with E-state index in [2.05, 4.69) is 31.4 Å². The number of aliphatic hydroxyl groups excluding tert-OH is 2. The second-order valence-corrected chi connectivity index (χ2v) is 16.6. The number of benzene rings is 2. The van der Waals surface area contributed by atoms with E-state index in [-0.39, 0.29) is 53.1 Å². The van der Waals surface area contributed by atoms with Crippen LogP contribution in [0, 0.1) is 17.3 Å². The molecule has 4 atom stereocenters. The largest absolute Gasteiger partial charge is 0.508 e. The summed E-state index contributed by atoms with van der Waals surface area (Å²) in [5, 5.41) is 52.9. The van der Waals surface area contributed by atoms with Gasteiger partial charge in [0.05, 0.1) is 16.5 Å². The van der Waals surface area contributed by atoms with Gasteiger partial charge in [0.2, 0.25) is 5.78 Å². The van der Waals surface area contributed by atoms with Gasteiger partial charge in [0.15, 0.2) is 11.4 Å². The predicted molar refractivity (Wildman–Crippen MR) is 189 cm³/mol. The van der Waals surface area contributed by atoms with Crippen LogP contribution in [-0.2, 0) is 44.0 Å². The molecule has 2 aromatic carbocycles. The molecule has 7 N–H and O–H groups in total. The van der Waals surface area contributed by atoms with Gasteiger partial charge >= 0.3 is 0 Å². The number of phenolic OH excluding ortho intramolecular Hbond substituents is 1. The molecule has 0 saturated heterocycles. The summed E-state index contributed by atoms with van der Waals surface area (Å²) in [4.78, 5) is 44.9. The van der Waals surface area contributed by atoms with Gasteiger partial charge < -0.3 is 36.0 Å². The van der Waals surface area contributed by atoms with E-state index in [1.807, 2.05) is 25.1 Å². The Labute approximate surface area is 297 Å². The van der Waals surface area contributed by atoms with Gasteiger partial charge in [0.1, 0.15) is 22.8 Å². The Bertz CT molecular complexity index is 1960. The van der Waals surface area contributed by atoms with Crippen LogP contribution >= 0.6 is 0 Å². The summed E-state index contributed by atoms with van der Waals surface area (Å²) in [7, 11) is 2.31. The Morgan fingerprint density at radius 3 is 2.20 bits per heavy atom. The number of rotatable bonds is 9. The number of carbonyl (C=O) groups is 3. The van der Waals surface area contributed by atoms with Crippen molar-refractivity contribution in [1.82, 2.24) is 15.5 Å². The van der Waals surface area contributed by atoms with Crippen molar-refractivity contribution in [2.24, 2.45) is 17.3 Å². The lowest BCUT2D eigenvalue weighted by atomic mass is 9.57. The number of hydrogen-bond donors (Lipinski definition) is 7. The highest BCUT2D eigenvalue weighted by Gasteiger charge is 2.64. The summed E-state index contributed by atoms with van der Waals surface area (Å²) in [5.74, 6) is -6.76. The maximum atomic E-state index is 14.5. The van der Waals surface area contributed by atoms with E-state index in [4.69, 9.17) is 0 Å². The molecule has 0 heterocycles. The van der Waals surface area contributed by atoms with E-state index in [1.54, 1.807) is 14.1 Å². The number of ketones is 2. The Hall–Kier alpha value is -4.28. The Balaban J connectivity index is 1.57. The minimum absolute atomic E-state index is 0.0166. The molecule has 5 rings (SSSR count). The zero-order chi connectivity index (χ0) is 38.0. The van der Waals surface area contributed by atoms with Crippen LogP contribution in [0.5, 0.6) is 5.75 Å². The third-order valence-corrected chi connectivity index (χ3v) is 10.8. The van der Waals surface area contributed by atoms with Crippen LogP contribution in [0.1, 0.15) is 49.4 Å². The number of fused-ring (bicyclic) bond motifs is 3. The number of aliphatic hydroxyl groups is 3. The van der Waals surface area contributed by atoms with Crippen LogP contribution in [0.25, 0.3) is 5.76 Å². The maximum Gasteiger partial charge on any atom is 0.294 e. The molecule has 2 aromatic rings. The summed E-state index contributed by atoms with van der Waals surface area (Å²) >= 11 is 0. The van der Waals surface area contributed by atoms with E-state index in [9.17, 15) is 47.8 Å². The molecule has 0 aromatic heterocycles. The Kier molecular flexibility index (Phi) is 9.95. The summed E-state index contributed by atoms with van der Waals surface area (Å²) in [5.41, 5.74) is -1.62. The zero-order valence-corrected chi connectivity index (χ0v) is 30.6. The fraction of sp³-hybridized carbons (Fsp3) is 0.472. The van der Waals surface area contributed by atoms with Crippen molar-refractivity contribution in [2.45, 2.75) is 63.2 Å². The summed E-state index contributed by atoms with van der Waals surface area (Å²) in [6.45, 7) is 6.86. The molecule has 3 aliphatic rings. The van der Waals surface area contributed by atoms with E-state index < -0.39 is 68.2 Å². The van der Waals surface area contributed by atoms with Crippen molar-refractivity contribution in [2.75, 3.05) is 39.6 Å². The number of likely N-dealkylation sites (N-methyl/N-ethyl adjacent to an activating group) is 1. The highest BCUT2D eigenvalue weighted by molar-refractivity contribution is 7.85. The molecule has 4 unspecified atom stereocenters. The normalized spacial score (nSPS) is 23.6. The van der Waals surface area contributed by atoms with Gasteiger partial charge in [0, 0.05) is 56.5 Å². The predicted octanol–water partition coefficient (Wildman–Crippen LogP) is 2.24. The minimum atomic E-state index is -4.45. The standard InChI is InChI=1S/C36H46N4O10S/c1-35(2,3)17-37-16-20-14-24(39(4)5)22-12-19-13-23-28(40(6)7)31(43)27(34(46)38-15-18-8-10-21(11-9-18)51(48,49)50)33(45)36(23,47)32(44)25(19)30(42)26(22)29(20)41/h8-11,14,19,23,28,37,41-42,45,47H,12-13,15-17H2,1-7H3,(H,38,46)(H,48,49,50). The third-order valence-electron chi connectivity index (χ3n) is 9.88. The summed E-state index contributed by atoms with van der Waals surface area (Å²) in [6.07, 6.45) is 0.170. The molecule has 0 aliphatic heterocycles. The Morgan fingerprint density at radius 1 is 1.02 bits per heavy atom. The molecule has 3 aliphatic carbocycles. The lowest BCUT2D eigenvalue weighted by Gasteiger charge is -2.50. The van der Waals surface area contributed by atoms with Crippen molar-refractivity contribution < 1.29 is 47.8 Å². The minimum Gasteiger partial charge on any atom is -0.508 e. The fourth-order valence-corrected chi connectivity index (χ4v) is 7.96. The number of hydrogen-bond acceptors (Lipinski definition) is 12. The second-order valence-electron chi connectivity index (χ2n) is 15.2. The topological polar surface area (TPSA) is 217 Å². The number of nitrogens with one attached hydrogen (secondary N) is 2. The van der Waals surface area contributed by atoms with Crippen LogP contribution in [0.3, 0.4) is 0 Å². The molecule has 0 radical (unpaired) electrons. The molecule has 276 valence electrons. The molecule has 1 saturated carbocycles. The van der Waals surface area contributed by atoms with Gasteiger partial charge in [-0.3, -0.25) is 23.8 Å². The first kappa shape index (κ1) is 38.0. The number of anilines is 1. The number of carbonyl (C=O) groups excluding carboxylic acids is 3. The first-order valence-corrected chi connectivity index (χ1v) is 18.0. The van der Waals surface area contributed by atoms with Gasteiger partial charge in [0.25, 0.3) is 16.0 Å². The van der Waals surface area contributed by atoms with E-state index in [1.165, 1.54) is 17.0 Å². The van der Waals surface area contributed by atoms with Crippen molar-refractivity contribution in [3.05, 3.63) is 69.5 Å². The lowest BCUT2D eigenvalue weighted by Crippen LogP contribution is -2.65. The number of amides is 1. The number of Topliss-reactive ketones (excluding diaryl/α,β-unsaturated/α-hetero) is 2. The van der Waals surface area contributed by atoms with Gasteiger partial charge in [-0.25, -0.2) is 0 Å². The smallest absolute Gasteiger partial charge is 0.294 e. The number of aromatic hydroxyl groups is 1. The highest BCUT2D eigenvalue weighted by Crippen LogP contribution is 2.54. The first-order chi connectivity index (χ1) is 23.6.